The normalized spacial score (nSPS) is 14.3. The van der Waals surface area contributed by atoms with Crippen molar-refractivity contribution in [2.45, 2.75) is 13.5 Å². The Morgan fingerprint density at radius 3 is 2.16 bits per heavy atom. The number of nitrogens with one attached hydrogen (secondary N) is 1. The number of rotatable bonds is 6. The fourth-order valence-electron chi connectivity index (χ4n) is 3.63. The molecule has 4 rings (SSSR count). The lowest BCUT2D eigenvalue weighted by Gasteiger charge is -2.34. The van der Waals surface area contributed by atoms with Gasteiger partial charge in [-0.15, -0.1) is 0 Å². The lowest BCUT2D eigenvalue weighted by atomic mass is 10.1. The topological polar surface area (TPSA) is 70.6 Å². The van der Waals surface area contributed by atoms with Crippen LogP contribution in [0.15, 0.2) is 60.9 Å². The summed E-state index contributed by atoms with van der Waals surface area (Å²) >= 11 is 0. The summed E-state index contributed by atoms with van der Waals surface area (Å²) in [6.45, 7) is 5.95. The van der Waals surface area contributed by atoms with Crippen LogP contribution in [0.3, 0.4) is 0 Å². The molecule has 31 heavy (non-hydrogen) atoms. The molecule has 1 N–H and O–H groups in total. The number of aromatic nitrogens is 2. The molecule has 1 aliphatic heterocycles. The average molecular weight is 418 g/mol. The van der Waals surface area contributed by atoms with Gasteiger partial charge in [-0.3, -0.25) is 9.69 Å². The largest absolute Gasteiger partial charge is 0.497 e. The summed E-state index contributed by atoms with van der Waals surface area (Å²) in [5.74, 6) is 1.55. The van der Waals surface area contributed by atoms with E-state index in [0.29, 0.717) is 5.95 Å². The number of anilines is 2. The van der Waals surface area contributed by atoms with E-state index in [9.17, 15) is 4.79 Å². The molecule has 0 unspecified atom stereocenters. The quantitative estimate of drug-likeness (QED) is 0.661. The van der Waals surface area contributed by atoms with E-state index in [1.807, 2.05) is 53.7 Å². The van der Waals surface area contributed by atoms with E-state index in [1.165, 1.54) is 5.56 Å². The molecule has 0 aliphatic carbocycles. The molecular weight excluding hydrogens is 390 g/mol. The van der Waals surface area contributed by atoms with Gasteiger partial charge in [-0.25, -0.2) is 9.97 Å². The first-order valence-electron chi connectivity index (χ1n) is 10.4. The van der Waals surface area contributed by atoms with Gasteiger partial charge in [0.1, 0.15) is 5.75 Å². The summed E-state index contributed by atoms with van der Waals surface area (Å²) < 4.78 is 5.20. The van der Waals surface area contributed by atoms with Gasteiger partial charge in [0.2, 0.25) is 11.9 Å². The second kappa shape index (κ2) is 9.57. The van der Waals surface area contributed by atoms with Gasteiger partial charge in [0.25, 0.3) is 0 Å². The highest BCUT2D eigenvalue weighted by molar-refractivity contribution is 5.73. The number of hydrogen-bond donors (Lipinski definition) is 1. The van der Waals surface area contributed by atoms with Crippen LogP contribution in [-0.2, 0) is 11.3 Å². The summed E-state index contributed by atoms with van der Waals surface area (Å²) in [5.41, 5.74) is 4.19. The Balaban J connectivity index is 1.32. The first-order valence-corrected chi connectivity index (χ1v) is 10.4. The fraction of sp³-hybridized carbons (Fsp3) is 0.292. The number of nitrogens with zero attached hydrogens (tertiary/aromatic N) is 4. The Morgan fingerprint density at radius 2 is 1.58 bits per heavy atom. The van der Waals surface area contributed by atoms with Crippen LogP contribution >= 0.6 is 0 Å². The van der Waals surface area contributed by atoms with Crippen molar-refractivity contribution in [2.75, 3.05) is 38.6 Å². The highest BCUT2D eigenvalue weighted by Crippen LogP contribution is 2.22. The first-order chi connectivity index (χ1) is 15.1. The van der Waals surface area contributed by atoms with Gasteiger partial charge in [-0.2, -0.15) is 0 Å². The predicted molar refractivity (Wildman–Crippen MR) is 121 cm³/mol. The number of amides is 1. The van der Waals surface area contributed by atoms with Crippen molar-refractivity contribution in [1.29, 1.82) is 0 Å². The van der Waals surface area contributed by atoms with Crippen LogP contribution in [0, 0.1) is 0 Å². The van der Waals surface area contributed by atoms with E-state index in [-0.39, 0.29) is 5.91 Å². The van der Waals surface area contributed by atoms with E-state index >= 15 is 0 Å². The van der Waals surface area contributed by atoms with Gasteiger partial charge in [-0.05, 0) is 35.4 Å². The van der Waals surface area contributed by atoms with E-state index in [4.69, 9.17) is 4.74 Å². The van der Waals surface area contributed by atoms with Crippen molar-refractivity contribution in [3.63, 3.8) is 0 Å². The Bertz CT molecular complexity index is 996. The molecule has 7 nitrogen and oxygen atoms in total. The Hall–Kier alpha value is -3.45. The lowest BCUT2D eigenvalue weighted by molar-refractivity contribution is -0.130. The van der Waals surface area contributed by atoms with Crippen LogP contribution in [0.1, 0.15) is 12.5 Å². The number of hydrogen-bond acceptors (Lipinski definition) is 6. The zero-order chi connectivity index (χ0) is 21.6. The van der Waals surface area contributed by atoms with Crippen molar-refractivity contribution in [3.8, 4) is 16.9 Å². The minimum absolute atomic E-state index is 0.161. The van der Waals surface area contributed by atoms with Crippen molar-refractivity contribution >= 4 is 17.5 Å². The summed E-state index contributed by atoms with van der Waals surface area (Å²) in [6.07, 6.45) is 3.62. The second-order valence-electron chi connectivity index (χ2n) is 7.63. The minimum atomic E-state index is 0.161. The Kier molecular flexibility index (Phi) is 6.43. The second-order valence-corrected chi connectivity index (χ2v) is 7.63. The van der Waals surface area contributed by atoms with Gasteiger partial charge in [-0.1, -0.05) is 24.3 Å². The van der Waals surface area contributed by atoms with Crippen LogP contribution in [0.25, 0.3) is 11.1 Å². The smallest absolute Gasteiger partial charge is 0.227 e. The number of piperazine rings is 1. The summed E-state index contributed by atoms with van der Waals surface area (Å²) in [7, 11) is 1.65. The van der Waals surface area contributed by atoms with Crippen molar-refractivity contribution in [2.24, 2.45) is 0 Å². The van der Waals surface area contributed by atoms with E-state index < -0.39 is 0 Å². The van der Waals surface area contributed by atoms with Gasteiger partial charge in [0.15, 0.2) is 0 Å². The fourth-order valence-corrected chi connectivity index (χ4v) is 3.63. The van der Waals surface area contributed by atoms with E-state index in [0.717, 1.165) is 55.3 Å². The summed E-state index contributed by atoms with van der Waals surface area (Å²) in [4.78, 5) is 24.6. The third kappa shape index (κ3) is 5.38. The van der Waals surface area contributed by atoms with Gasteiger partial charge < -0.3 is 15.0 Å². The maximum absolute atomic E-state index is 11.5. The number of benzene rings is 2. The molecule has 1 amide bonds. The van der Waals surface area contributed by atoms with Crippen LogP contribution in [0.2, 0.25) is 0 Å². The molecule has 3 aromatic rings. The third-order valence-corrected chi connectivity index (χ3v) is 5.51. The number of carbonyl (C=O) groups is 1. The predicted octanol–water partition coefficient (Wildman–Crippen LogP) is 3.56. The zero-order valence-corrected chi connectivity index (χ0v) is 17.9. The molecular formula is C24H27N5O2. The molecule has 2 heterocycles. The van der Waals surface area contributed by atoms with Crippen LogP contribution in [-0.4, -0.2) is 59.0 Å². The molecule has 1 aromatic heterocycles. The van der Waals surface area contributed by atoms with E-state index in [1.54, 1.807) is 14.0 Å². The van der Waals surface area contributed by atoms with Crippen LogP contribution < -0.4 is 10.1 Å². The number of ether oxygens (including phenoxy) is 1. The van der Waals surface area contributed by atoms with Crippen LogP contribution in [0.4, 0.5) is 11.6 Å². The first kappa shape index (κ1) is 20.8. The van der Waals surface area contributed by atoms with Gasteiger partial charge >= 0.3 is 0 Å². The zero-order valence-electron chi connectivity index (χ0n) is 17.9. The molecule has 1 fully saturated rings. The molecule has 0 spiro atoms. The molecule has 7 heteroatoms. The Morgan fingerprint density at radius 1 is 0.935 bits per heavy atom. The maximum Gasteiger partial charge on any atom is 0.227 e. The maximum atomic E-state index is 11.5. The highest BCUT2D eigenvalue weighted by atomic mass is 16.5. The third-order valence-electron chi connectivity index (χ3n) is 5.51. The Labute approximate surface area is 182 Å². The van der Waals surface area contributed by atoms with Crippen molar-refractivity contribution in [1.82, 2.24) is 19.8 Å². The minimum Gasteiger partial charge on any atom is -0.497 e. The van der Waals surface area contributed by atoms with Crippen molar-refractivity contribution < 1.29 is 9.53 Å². The lowest BCUT2D eigenvalue weighted by Crippen LogP contribution is -2.47. The highest BCUT2D eigenvalue weighted by Gasteiger charge is 2.18. The average Bonchev–Trinajstić information content (AvgIpc) is 2.81. The number of methoxy groups -OCH3 is 1. The molecule has 0 atom stereocenters. The van der Waals surface area contributed by atoms with Gasteiger partial charge in [0.05, 0.1) is 7.11 Å². The molecule has 2 aromatic carbocycles. The molecule has 160 valence electrons. The van der Waals surface area contributed by atoms with Crippen molar-refractivity contribution in [3.05, 3.63) is 66.5 Å². The molecule has 1 saturated heterocycles. The number of carbonyl (C=O) groups excluding carboxylic acids is 1. The molecule has 0 saturated carbocycles. The van der Waals surface area contributed by atoms with Crippen LogP contribution in [0.5, 0.6) is 5.75 Å². The summed E-state index contributed by atoms with van der Waals surface area (Å²) in [6, 6.07) is 16.1. The summed E-state index contributed by atoms with van der Waals surface area (Å²) in [5, 5.41) is 3.25. The van der Waals surface area contributed by atoms with Gasteiger partial charge in [0, 0.05) is 63.3 Å². The van der Waals surface area contributed by atoms with E-state index in [2.05, 4.69) is 32.3 Å². The monoisotopic (exact) mass is 417 g/mol. The molecule has 0 radical (unpaired) electrons. The SMILES string of the molecule is COc1ccc(-c2cnc(Nc3ccc(CN4CCN(C(C)=O)CC4)cc3)nc2)cc1. The molecule has 0 bridgehead atoms. The standard InChI is InChI=1S/C24H27N5O2/c1-18(30)29-13-11-28(12-14-29)17-19-3-7-22(8-4-19)27-24-25-15-21(16-26-24)20-5-9-23(31-2)10-6-20/h3-10,15-16H,11-14,17H2,1-2H3,(H,25,26,27). The molecule has 1 aliphatic rings.